The molecule has 60 valence electrons. The standard InChI is InChI=1S/C7H6Br2O2/c8-3-5-1-2-7(11-5)6(10)4-9/h1-2H,3-4H2. The Morgan fingerprint density at radius 2 is 2.18 bits per heavy atom. The average molecular weight is 282 g/mol. The highest BCUT2D eigenvalue weighted by Crippen LogP contribution is 2.12. The lowest BCUT2D eigenvalue weighted by Gasteiger charge is -1.88. The molecule has 0 amide bonds. The summed E-state index contributed by atoms with van der Waals surface area (Å²) in [5, 5.41) is 0.949. The number of hydrogen-bond donors (Lipinski definition) is 0. The lowest BCUT2D eigenvalue weighted by molar-refractivity contribution is 0.0992. The van der Waals surface area contributed by atoms with E-state index in [0.29, 0.717) is 16.4 Å². The van der Waals surface area contributed by atoms with E-state index in [2.05, 4.69) is 31.9 Å². The number of hydrogen-bond acceptors (Lipinski definition) is 2. The van der Waals surface area contributed by atoms with E-state index in [1.807, 2.05) is 0 Å². The largest absolute Gasteiger partial charge is 0.457 e. The van der Waals surface area contributed by atoms with Crippen LogP contribution in [0.3, 0.4) is 0 Å². The van der Waals surface area contributed by atoms with E-state index in [-0.39, 0.29) is 5.78 Å². The van der Waals surface area contributed by atoms with Gasteiger partial charge in [0.1, 0.15) is 5.76 Å². The molecule has 0 spiro atoms. The molecule has 0 fully saturated rings. The zero-order valence-electron chi connectivity index (χ0n) is 5.64. The van der Waals surface area contributed by atoms with E-state index in [1.54, 1.807) is 12.1 Å². The summed E-state index contributed by atoms with van der Waals surface area (Å²) in [4.78, 5) is 11.0. The molecule has 0 aliphatic carbocycles. The average Bonchev–Trinajstić information content (AvgIpc) is 2.50. The highest BCUT2D eigenvalue weighted by atomic mass is 79.9. The SMILES string of the molecule is O=C(CBr)c1ccc(CBr)o1. The Hall–Kier alpha value is -0.0900. The fraction of sp³-hybridized carbons (Fsp3) is 0.286. The van der Waals surface area contributed by atoms with Crippen molar-refractivity contribution in [1.82, 2.24) is 0 Å². The van der Waals surface area contributed by atoms with Gasteiger partial charge in [0.05, 0.1) is 10.7 Å². The normalized spacial score (nSPS) is 10.0. The summed E-state index contributed by atoms with van der Waals surface area (Å²) < 4.78 is 5.16. The van der Waals surface area contributed by atoms with E-state index < -0.39 is 0 Å². The molecule has 0 bridgehead atoms. The Balaban J connectivity index is 2.80. The Labute approximate surface area is 81.2 Å². The minimum absolute atomic E-state index is 0.0304. The van der Waals surface area contributed by atoms with Gasteiger partial charge in [-0.25, -0.2) is 0 Å². The van der Waals surface area contributed by atoms with Gasteiger partial charge in [-0.15, -0.1) is 0 Å². The maximum absolute atomic E-state index is 11.0. The van der Waals surface area contributed by atoms with E-state index >= 15 is 0 Å². The molecule has 0 aliphatic rings. The van der Waals surface area contributed by atoms with E-state index in [9.17, 15) is 4.79 Å². The van der Waals surface area contributed by atoms with Crippen LogP contribution in [0.25, 0.3) is 0 Å². The number of Topliss-reactive ketones (excluding diaryl/α,β-unsaturated/α-hetero) is 1. The van der Waals surface area contributed by atoms with Gasteiger partial charge >= 0.3 is 0 Å². The summed E-state index contributed by atoms with van der Waals surface area (Å²) in [6, 6.07) is 3.46. The molecule has 1 heterocycles. The van der Waals surface area contributed by atoms with Gasteiger partial charge in [0.25, 0.3) is 0 Å². The number of carbonyl (C=O) groups is 1. The van der Waals surface area contributed by atoms with Crippen LogP contribution < -0.4 is 0 Å². The van der Waals surface area contributed by atoms with E-state index in [1.165, 1.54) is 0 Å². The topological polar surface area (TPSA) is 30.2 Å². The van der Waals surface area contributed by atoms with Crippen LogP contribution in [0.1, 0.15) is 16.3 Å². The van der Waals surface area contributed by atoms with Crippen molar-refractivity contribution in [3.8, 4) is 0 Å². The van der Waals surface area contributed by atoms with Crippen LogP contribution in [-0.4, -0.2) is 11.1 Å². The molecule has 0 unspecified atom stereocenters. The summed E-state index contributed by atoms with van der Waals surface area (Å²) in [5.41, 5.74) is 0. The smallest absolute Gasteiger partial charge is 0.208 e. The van der Waals surface area contributed by atoms with Gasteiger partial charge in [0.2, 0.25) is 5.78 Å². The van der Waals surface area contributed by atoms with E-state index in [4.69, 9.17) is 4.42 Å². The fourth-order valence-electron chi connectivity index (χ4n) is 0.665. The third-order valence-corrected chi connectivity index (χ3v) is 2.25. The van der Waals surface area contributed by atoms with Crippen LogP contribution in [0.2, 0.25) is 0 Å². The minimum atomic E-state index is -0.0304. The fourth-order valence-corrected chi connectivity index (χ4v) is 1.24. The Morgan fingerprint density at radius 1 is 1.45 bits per heavy atom. The minimum Gasteiger partial charge on any atom is -0.457 e. The number of carbonyl (C=O) groups excluding carboxylic acids is 1. The molecule has 11 heavy (non-hydrogen) atoms. The van der Waals surface area contributed by atoms with Crippen molar-refractivity contribution in [2.75, 3.05) is 5.33 Å². The van der Waals surface area contributed by atoms with Crippen LogP contribution in [-0.2, 0) is 5.33 Å². The number of rotatable bonds is 3. The summed E-state index contributed by atoms with van der Waals surface area (Å²) in [6.45, 7) is 0. The van der Waals surface area contributed by atoms with Crippen LogP contribution >= 0.6 is 31.9 Å². The summed E-state index contributed by atoms with van der Waals surface area (Å²) >= 11 is 6.29. The van der Waals surface area contributed by atoms with Crippen molar-refractivity contribution >= 4 is 37.6 Å². The van der Waals surface area contributed by atoms with Gasteiger partial charge in [0.15, 0.2) is 5.76 Å². The Morgan fingerprint density at radius 3 is 2.64 bits per heavy atom. The number of halogens is 2. The van der Waals surface area contributed by atoms with Crippen LogP contribution in [0.15, 0.2) is 16.5 Å². The van der Waals surface area contributed by atoms with Crippen LogP contribution in [0.5, 0.6) is 0 Å². The maximum Gasteiger partial charge on any atom is 0.208 e. The molecule has 1 rings (SSSR count). The number of alkyl halides is 2. The van der Waals surface area contributed by atoms with Crippen molar-refractivity contribution in [3.63, 3.8) is 0 Å². The zero-order valence-corrected chi connectivity index (χ0v) is 8.81. The zero-order chi connectivity index (χ0) is 8.27. The first kappa shape index (κ1) is 9.00. The Kier molecular flexibility index (Phi) is 3.33. The van der Waals surface area contributed by atoms with Crippen LogP contribution in [0.4, 0.5) is 0 Å². The van der Waals surface area contributed by atoms with Crippen LogP contribution in [0, 0.1) is 0 Å². The molecule has 0 saturated carbocycles. The van der Waals surface area contributed by atoms with Crippen molar-refractivity contribution in [3.05, 3.63) is 23.7 Å². The van der Waals surface area contributed by atoms with Gasteiger partial charge in [-0.3, -0.25) is 4.79 Å². The molecule has 0 atom stereocenters. The van der Waals surface area contributed by atoms with E-state index in [0.717, 1.165) is 5.76 Å². The second-order valence-electron chi connectivity index (χ2n) is 1.96. The van der Waals surface area contributed by atoms with Gasteiger partial charge in [-0.05, 0) is 12.1 Å². The highest BCUT2D eigenvalue weighted by molar-refractivity contribution is 9.09. The molecule has 1 aromatic heterocycles. The van der Waals surface area contributed by atoms with Gasteiger partial charge in [-0.1, -0.05) is 31.9 Å². The van der Waals surface area contributed by atoms with Gasteiger partial charge in [0, 0.05) is 0 Å². The molecule has 0 N–H and O–H groups in total. The number of ketones is 1. The van der Waals surface area contributed by atoms with Crippen molar-refractivity contribution in [2.45, 2.75) is 5.33 Å². The predicted octanol–water partition coefficient (Wildman–Crippen LogP) is 2.75. The van der Waals surface area contributed by atoms with Gasteiger partial charge < -0.3 is 4.42 Å². The van der Waals surface area contributed by atoms with Gasteiger partial charge in [-0.2, -0.15) is 0 Å². The lowest BCUT2D eigenvalue weighted by atomic mass is 10.3. The quantitative estimate of drug-likeness (QED) is 0.630. The first-order chi connectivity index (χ1) is 5.27. The summed E-state index contributed by atoms with van der Waals surface area (Å²) in [5.74, 6) is 1.16. The lowest BCUT2D eigenvalue weighted by Crippen LogP contribution is -1.96. The molecule has 0 radical (unpaired) electrons. The monoisotopic (exact) mass is 280 g/mol. The molecule has 0 aliphatic heterocycles. The third kappa shape index (κ3) is 2.17. The molecule has 1 aromatic rings. The summed E-state index contributed by atoms with van der Waals surface area (Å²) in [6.07, 6.45) is 0. The molecule has 0 saturated heterocycles. The Bertz CT molecular complexity index is 255. The second kappa shape index (κ2) is 4.07. The number of furan rings is 1. The molecular formula is C7H6Br2O2. The highest BCUT2D eigenvalue weighted by Gasteiger charge is 2.08. The summed E-state index contributed by atoms with van der Waals surface area (Å²) in [7, 11) is 0. The van der Waals surface area contributed by atoms with Crippen molar-refractivity contribution < 1.29 is 9.21 Å². The van der Waals surface area contributed by atoms with Crippen molar-refractivity contribution in [2.24, 2.45) is 0 Å². The molecular weight excluding hydrogens is 276 g/mol. The second-order valence-corrected chi connectivity index (χ2v) is 3.08. The molecule has 2 nitrogen and oxygen atoms in total. The maximum atomic E-state index is 11.0. The third-order valence-electron chi connectivity index (χ3n) is 1.19. The molecule has 0 aromatic carbocycles. The van der Waals surface area contributed by atoms with Crippen molar-refractivity contribution in [1.29, 1.82) is 0 Å². The molecule has 4 heteroatoms. The first-order valence-corrected chi connectivity index (χ1v) is 5.26. The predicted molar refractivity (Wildman–Crippen MR) is 49.5 cm³/mol. The first-order valence-electron chi connectivity index (χ1n) is 3.01.